The van der Waals surface area contributed by atoms with Crippen LogP contribution in [0, 0.1) is 13.8 Å². The number of anilines is 2. The monoisotopic (exact) mass is 420 g/mol. The number of piperazine rings is 1. The Kier molecular flexibility index (Phi) is 6.39. The molecule has 0 unspecified atom stereocenters. The molecule has 4 rings (SSSR count). The van der Waals surface area contributed by atoms with Gasteiger partial charge in [0.1, 0.15) is 0 Å². The first kappa shape index (κ1) is 21.5. The summed E-state index contributed by atoms with van der Waals surface area (Å²) in [7, 11) is 0. The van der Waals surface area contributed by atoms with Crippen LogP contribution in [0.1, 0.15) is 23.6 Å². The summed E-state index contributed by atoms with van der Waals surface area (Å²) in [6, 6.07) is 14.4. The highest BCUT2D eigenvalue weighted by molar-refractivity contribution is 5.97. The molecule has 2 aromatic rings. The molecule has 1 fully saturated rings. The van der Waals surface area contributed by atoms with E-state index >= 15 is 0 Å². The minimum absolute atomic E-state index is 0.0180. The van der Waals surface area contributed by atoms with Gasteiger partial charge in [-0.15, -0.1) is 0 Å². The first-order valence-electron chi connectivity index (χ1n) is 11.1. The number of fused-ring (bicyclic) bond motifs is 1. The fourth-order valence-corrected chi connectivity index (χ4v) is 4.71. The summed E-state index contributed by atoms with van der Waals surface area (Å²) in [4.78, 5) is 31.9. The molecule has 0 aromatic heterocycles. The smallest absolute Gasteiger partial charge is 0.241 e. The van der Waals surface area contributed by atoms with Gasteiger partial charge in [0.15, 0.2) is 0 Å². The van der Waals surface area contributed by atoms with Crippen molar-refractivity contribution in [1.29, 1.82) is 0 Å². The Morgan fingerprint density at radius 3 is 2.19 bits per heavy atom. The highest BCUT2D eigenvalue weighted by atomic mass is 16.2. The minimum Gasteiger partial charge on any atom is -0.324 e. The Morgan fingerprint density at radius 2 is 1.52 bits per heavy atom. The molecule has 1 saturated heterocycles. The maximum Gasteiger partial charge on any atom is 0.241 e. The van der Waals surface area contributed by atoms with E-state index in [1.165, 1.54) is 5.56 Å². The first-order chi connectivity index (χ1) is 14.9. The summed E-state index contributed by atoms with van der Waals surface area (Å²) in [6.45, 7) is 10.1. The van der Waals surface area contributed by atoms with E-state index < -0.39 is 0 Å². The molecule has 31 heavy (non-hydrogen) atoms. The molecule has 6 nitrogen and oxygen atoms in total. The highest BCUT2D eigenvalue weighted by Gasteiger charge is 2.32. The van der Waals surface area contributed by atoms with Crippen LogP contribution in [0.25, 0.3) is 0 Å². The maximum atomic E-state index is 13.0. The molecule has 0 spiro atoms. The Bertz CT molecular complexity index is 945. The standard InChI is InChI=1S/C25H32N4O2/c1-18-7-6-8-19(2)25(18)26-23(30)16-27-11-13-28(14-12-27)17-24(31)29-20(3)15-21-9-4-5-10-22(21)29/h4-10,20H,11-17H2,1-3H3,(H,26,30)/t20-/m1/s1. The van der Waals surface area contributed by atoms with Crippen molar-refractivity contribution in [2.75, 3.05) is 49.5 Å². The fraction of sp³-hybridized carbons (Fsp3) is 0.440. The molecule has 2 amide bonds. The van der Waals surface area contributed by atoms with Gasteiger partial charge in [0.2, 0.25) is 11.8 Å². The third kappa shape index (κ3) is 4.81. The van der Waals surface area contributed by atoms with Crippen LogP contribution in [0.4, 0.5) is 11.4 Å². The predicted molar refractivity (Wildman–Crippen MR) is 125 cm³/mol. The van der Waals surface area contributed by atoms with Crippen molar-refractivity contribution in [2.24, 2.45) is 0 Å². The number of carbonyl (C=O) groups is 2. The molecule has 1 N–H and O–H groups in total. The predicted octanol–water partition coefficient (Wildman–Crippen LogP) is 2.84. The topological polar surface area (TPSA) is 55.9 Å². The largest absolute Gasteiger partial charge is 0.324 e. The average Bonchev–Trinajstić information content (AvgIpc) is 3.08. The molecule has 0 bridgehead atoms. The zero-order valence-electron chi connectivity index (χ0n) is 18.7. The van der Waals surface area contributed by atoms with Crippen molar-refractivity contribution in [3.05, 3.63) is 59.2 Å². The molecule has 2 heterocycles. The van der Waals surface area contributed by atoms with Gasteiger partial charge in [0, 0.05) is 43.6 Å². The number of para-hydroxylation sites is 2. The second-order valence-corrected chi connectivity index (χ2v) is 8.81. The van der Waals surface area contributed by atoms with Gasteiger partial charge in [-0.05, 0) is 49.9 Å². The molecule has 2 aliphatic rings. The van der Waals surface area contributed by atoms with Gasteiger partial charge < -0.3 is 10.2 Å². The van der Waals surface area contributed by atoms with E-state index in [1.807, 2.05) is 55.1 Å². The van der Waals surface area contributed by atoms with E-state index in [2.05, 4.69) is 28.1 Å². The van der Waals surface area contributed by atoms with Gasteiger partial charge >= 0.3 is 0 Å². The van der Waals surface area contributed by atoms with Gasteiger partial charge in [-0.1, -0.05) is 36.4 Å². The number of rotatable bonds is 5. The fourth-order valence-electron chi connectivity index (χ4n) is 4.71. The second-order valence-electron chi connectivity index (χ2n) is 8.81. The lowest BCUT2D eigenvalue weighted by Gasteiger charge is -2.35. The Labute approximate surface area is 184 Å². The SMILES string of the molecule is Cc1cccc(C)c1NC(=O)CN1CCN(CC(=O)N2c3ccccc3C[C@H]2C)CC1. The second kappa shape index (κ2) is 9.20. The Morgan fingerprint density at radius 1 is 0.903 bits per heavy atom. The van der Waals surface area contributed by atoms with E-state index in [-0.39, 0.29) is 17.9 Å². The summed E-state index contributed by atoms with van der Waals surface area (Å²) in [5, 5.41) is 3.07. The Balaban J connectivity index is 1.26. The van der Waals surface area contributed by atoms with Crippen LogP contribution >= 0.6 is 0 Å². The van der Waals surface area contributed by atoms with Gasteiger partial charge in [-0.25, -0.2) is 0 Å². The van der Waals surface area contributed by atoms with E-state index in [9.17, 15) is 9.59 Å². The lowest BCUT2D eigenvalue weighted by molar-refractivity contribution is -0.121. The van der Waals surface area contributed by atoms with E-state index in [0.717, 1.165) is 55.1 Å². The average molecular weight is 421 g/mol. The summed E-state index contributed by atoms with van der Waals surface area (Å²) in [5.41, 5.74) is 5.38. The molecular formula is C25H32N4O2. The van der Waals surface area contributed by atoms with E-state index in [1.54, 1.807) is 0 Å². The van der Waals surface area contributed by atoms with Crippen molar-refractivity contribution in [1.82, 2.24) is 9.80 Å². The van der Waals surface area contributed by atoms with Crippen LogP contribution in [0.15, 0.2) is 42.5 Å². The van der Waals surface area contributed by atoms with Crippen LogP contribution in [0.3, 0.4) is 0 Å². The molecule has 1 atom stereocenters. The number of nitrogens with zero attached hydrogens (tertiary/aromatic N) is 3. The van der Waals surface area contributed by atoms with Crippen molar-refractivity contribution in [3.8, 4) is 0 Å². The molecule has 6 heteroatoms. The summed E-state index contributed by atoms with van der Waals surface area (Å²) >= 11 is 0. The zero-order chi connectivity index (χ0) is 22.0. The lowest BCUT2D eigenvalue weighted by Crippen LogP contribution is -2.52. The van der Waals surface area contributed by atoms with Crippen molar-refractivity contribution < 1.29 is 9.59 Å². The number of benzene rings is 2. The van der Waals surface area contributed by atoms with Crippen LogP contribution in [-0.2, 0) is 16.0 Å². The quantitative estimate of drug-likeness (QED) is 0.808. The number of amides is 2. The van der Waals surface area contributed by atoms with Crippen LogP contribution < -0.4 is 10.2 Å². The highest BCUT2D eigenvalue weighted by Crippen LogP contribution is 2.31. The number of carbonyl (C=O) groups excluding carboxylic acids is 2. The van der Waals surface area contributed by atoms with E-state index in [0.29, 0.717) is 13.1 Å². The summed E-state index contributed by atoms with van der Waals surface area (Å²) < 4.78 is 0. The van der Waals surface area contributed by atoms with Gasteiger partial charge in [-0.2, -0.15) is 0 Å². The first-order valence-corrected chi connectivity index (χ1v) is 11.1. The molecular weight excluding hydrogens is 388 g/mol. The van der Waals surface area contributed by atoms with Gasteiger partial charge in [0.05, 0.1) is 13.1 Å². The lowest BCUT2D eigenvalue weighted by atomic mass is 10.1. The molecule has 2 aromatic carbocycles. The van der Waals surface area contributed by atoms with Gasteiger partial charge in [0.25, 0.3) is 0 Å². The van der Waals surface area contributed by atoms with Crippen molar-refractivity contribution in [2.45, 2.75) is 33.2 Å². The van der Waals surface area contributed by atoms with Crippen molar-refractivity contribution in [3.63, 3.8) is 0 Å². The Hall–Kier alpha value is -2.70. The molecule has 0 radical (unpaired) electrons. The molecule has 0 aliphatic carbocycles. The van der Waals surface area contributed by atoms with Crippen LogP contribution in [-0.4, -0.2) is 66.9 Å². The molecule has 2 aliphatic heterocycles. The zero-order valence-corrected chi connectivity index (χ0v) is 18.7. The van der Waals surface area contributed by atoms with Gasteiger partial charge in [-0.3, -0.25) is 19.4 Å². The normalized spacial score (nSPS) is 19.3. The van der Waals surface area contributed by atoms with Crippen LogP contribution in [0.5, 0.6) is 0 Å². The van der Waals surface area contributed by atoms with Crippen molar-refractivity contribution >= 4 is 23.2 Å². The molecule has 164 valence electrons. The summed E-state index contributed by atoms with van der Waals surface area (Å²) in [5.74, 6) is 0.183. The molecule has 0 saturated carbocycles. The van der Waals surface area contributed by atoms with Crippen LogP contribution in [0.2, 0.25) is 0 Å². The number of hydrogen-bond donors (Lipinski definition) is 1. The van der Waals surface area contributed by atoms with E-state index in [4.69, 9.17) is 0 Å². The third-order valence-corrected chi connectivity index (χ3v) is 6.41. The number of hydrogen-bond acceptors (Lipinski definition) is 4. The number of nitrogens with one attached hydrogen (secondary N) is 1. The summed E-state index contributed by atoms with van der Waals surface area (Å²) in [6.07, 6.45) is 0.922. The number of aryl methyl sites for hydroxylation is 2. The maximum absolute atomic E-state index is 13.0. The third-order valence-electron chi connectivity index (χ3n) is 6.41. The minimum atomic E-state index is 0.0180.